The third kappa shape index (κ3) is 6.51. The summed E-state index contributed by atoms with van der Waals surface area (Å²) in [5.41, 5.74) is 0.973. The second-order valence-electron chi connectivity index (χ2n) is 8.78. The molecular weight excluding hydrogens is 516 g/mol. The molecule has 0 aliphatic carbocycles. The first-order valence-electron chi connectivity index (χ1n) is 11.6. The molecule has 1 saturated heterocycles. The minimum Gasteiger partial charge on any atom is -0.508 e. The second kappa shape index (κ2) is 11.5. The Morgan fingerprint density at radius 2 is 1.41 bits per heavy atom. The molecule has 0 unspecified atom stereocenters. The van der Waals surface area contributed by atoms with Gasteiger partial charge < -0.3 is 55.1 Å². The molecule has 3 aromatic carbocycles. The zero-order chi connectivity index (χ0) is 28.3. The van der Waals surface area contributed by atoms with Gasteiger partial charge >= 0.3 is 5.97 Å². The van der Waals surface area contributed by atoms with Gasteiger partial charge in [0.1, 0.15) is 48.3 Å². The van der Waals surface area contributed by atoms with Crippen LogP contribution in [-0.2, 0) is 9.47 Å². The van der Waals surface area contributed by atoms with Crippen LogP contribution in [0.15, 0.2) is 54.6 Å². The van der Waals surface area contributed by atoms with E-state index in [0.29, 0.717) is 5.56 Å². The van der Waals surface area contributed by atoms with Crippen molar-refractivity contribution in [2.45, 2.75) is 30.7 Å². The first kappa shape index (κ1) is 27.5. The van der Waals surface area contributed by atoms with E-state index in [2.05, 4.69) is 0 Å². The van der Waals surface area contributed by atoms with Crippen LogP contribution in [0.3, 0.4) is 0 Å². The van der Waals surface area contributed by atoms with Gasteiger partial charge in [-0.15, -0.1) is 0 Å². The average molecular weight is 542 g/mol. The van der Waals surface area contributed by atoms with Crippen LogP contribution in [0, 0.1) is 0 Å². The van der Waals surface area contributed by atoms with E-state index in [1.165, 1.54) is 30.3 Å². The number of benzene rings is 3. The number of carbonyl (C=O) groups excluding carboxylic acids is 1. The lowest BCUT2D eigenvalue weighted by Crippen LogP contribution is -2.60. The maximum Gasteiger partial charge on any atom is 0.338 e. The van der Waals surface area contributed by atoms with Crippen molar-refractivity contribution in [1.82, 2.24) is 0 Å². The molecule has 1 fully saturated rings. The maximum absolute atomic E-state index is 12.3. The highest BCUT2D eigenvalue weighted by molar-refractivity contribution is 5.91. The van der Waals surface area contributed by atoms with Gasteiger partial charge in [-0.1, -0.05) is 24.3 Å². The van der Waals surface area contributed by atoms with Gasteiger partial charge in [0.05, 0.1) is 5.56 Å². The van der Waals surface area contributed by atoms with Gasteiger partial charge in [-0.25, -0.2) is 4.79 Å². The monoisotopic (exact) mass is 542 g/mol. The first-order valence-corrected chi connectivity index (χ1v) is 11.6. The van der Waals surface area contributed by atoms with Crippen molar-refractivity contribution in [3.05, 3.63) is 71.3 Å². The minimum absolute atomic E-state index is 0.0544. The molecule has 12 nitrogen and oxygen atoms in total. The number of esters is 1. The molecule has 0 amide bonds. The summed E-state index contributed by atoms with van der Waals surface area (Å²) >= 11 is 0. The molecule has 39 heavy (non-hydrogen) atoms. The van der Waals surface area contributed by atoms with Gasteiger partial charge in [-0.05, 0) is 47.5 Å². The standard InChI is InChI=1S/C27H26O12/c28-16-5-3-13(4-6-16)1-2-14-7-17(29)11-18(8-14)38-27-25(35)24(34)23(33)21(39-27)12-37-26(36)15-9-19(30)22(32)20(31)10-15/h1-11,21,23-25,27-35H,12H2/t21-,23-,24+,25-,27-/m1/s1. The molecule has 0 bridgehead atoms. The summed E-state index contributed by atoms with van der Waals surface area (Å²) in [6.45, 7) is -0.618. The van der Waals surface area contributed by atoms with E-state index < -0.39 is 60.5 Å². The summed E-state index contributed by atoms with van der Waals surface area (Å²) in [7, 11) is 0. The van der Waals surface area contributed by atoms with Gasteiger partial charge in [-0.3, -0.25) is 0 Å². The molecule has 3 aromatic rings. The van der Waals surface area contributed by atoms with E-state index in [-0.39, 0.29) is 22.8 Å². The number of rotatable bonds is 7. The van der Waals surface area contributed by atoms with Crippen molar-refractivity contribution in [3.8, 4) is 34.5 Å². The molecule has 4 rings (SSSR count). The molecule has 0 spiro atoms. The van der Waals surface area contributed by atoms with Crippen molar-refractivity contribution in [1.29, 1.82) is 0 Å². The molecule has 1 aliphatic rings. The second-order valence-corrected chi connectivity index (χ2v) is 8.78. The predicted molar refractivity (Wildman–Crippen MR) is 134 cm³/mol. The SMILES string of the molecule is O=C(OC[C@H]1O[C@@H](Oc2cc(O)cc(C=Cc3ccc(O)cc3)c2)[C@H](O)[C@@H](O)[C@@H]1O)c1cc(O)c(O)c(O)c1. The highest BCUT2D eigenvalue weighted by Crippen LogP contribution is 2.35. The van der Waals surface area contributed by atoms with Crippen LogP contribution in [-0.4, -0.2) is 84.1 Å². The molecule has 12 heteroatoms. The predicted octanol–water partition coefficient (Wildman–Crippen LogP) is 1.43. The Bertz CT molecular complexity index is 1330. The fraction of sp³-hybridized carbons (Fsp3) is 0.222. The number of aliphatic hydroxyl groups is 3. The molecule has 5 atom stereocenters. The van der Waals surface area contributed by atoms with E-state index in [1.54, 1.807) is 24.3 Å². The van der Waals surface area contributed by atoms with Gasteiger partial charge in [-0.2, -0.15) is 0 Å². The van der Waals surface area contributed by atoms with Crippen LogP contribution in [0.4, 0.5) is 0 Å². The normalized spacial score (nSPS) is 23.0. The number of carbonyl (C=O) groups is 1. The Morgan fingerprint density at radius 1 is 0.769 bits per heavy atom. The Balaban J connectivity index is 1.45. The van der Waals surface area contributed by atoms with E-state index >= 15 is 0 Å². The molecule has 0 radical (unpaired) electrons. The van der Waals surface area contributed by atoms with E-state index in [1.807, 2.05) is 0 Å². The van der Waals surface area contributed by atoms with Crippen molar-refractivity contribution in [2.24, 2.45) is 0 Å². The molecule has 0 aromatic heterocycles. The summed E-state index contributed by atoms with van der Waals surface area (Å²) in [6.07, 6.45) is -4.65. The number of phenols is 5. The van der Waals surface area contributed by atoms with Crippen LogP contribution < -0.4 is 4.74 Å². The summed E-state index contributed by atoms with van der Waals surface area (Å²) in [5.74, 6) is -3.38. The number of hydrogen-bond donors (Lipinski definition) is 8. The van der Waals surface area contributed by atoms with Crippen LogP contribution in [0.5, 0.6) is 34.5 Å². The third-order valence-corrected chi connectivity index (χ3v) is 5.88. The lowest BCUT2D eigenvalue weighted by atomic mass is 9.99. The van der Waals surface area contributed by atoms with Crippen molar-refractivity contribution >= 4 is 18.1 Å². The number of hydrogen-bond acceptors (Lipinski definition) is 12. The summed E-state index contributed by atoms with van der Waals surface area (Å²) in [6, 6.07) is 12.3. The van der Waals surface area contributed by atoms with Crippen molar-refractivity contribution in [2.75, 3.05) is 6.61 Å². The lowest BCUT2D eigenvalue weighted by molar-refractivity contribution is -0.277. The van der Waals surface area contributed by atoms with Gasteiger partial charge in [0, 0.05) is 6.07 Å². The van der Waals surface area contributed by atoms with Crippen molar-refractivity contribution < 1.29 is 59.9 Å². The minimum atomic E-state index is -1.75. The van der Waals surface area contributed by atoms with Gasteiger partial charge in [0.25, 0.3) is 0 Å². The van der Waals surface area contributed by atoms with Crippen LogP contribution in [0.25, 0.3) is 12.2 Å². The Labute approximate surface area is 221 Å². The topological polar surface area (TPSA) is 207 Å². The number of aliphatic hydroxyl groups excluding tert-OH is 3. The zero-order valence-electron chi connectivity index (χ0n) is 20.2. The molecule has 8 N–H and O–H groups in total. The highest BCUT2D eigenvalue weighted by Gasteiger charge is 2.45. The number of phenolic OH excluding ortho intramolecular Hbond substituents is 5. The smallest absolute Gasteiger partial charge is 0.338 e. The molecule has 206 valence electrons. The van der Waals surface area contributed by atoms with Crippen LogP contribution >= 0.6 is 0 Å². The molecule has 1 heterocycles. The quantitative estimate of drug-likeness (QED) is 0.121. The lowest BCUT2D eigenvalue weighted by Gasteiger charge is -2.39. The Morgan fingerprint density at radius 3 is 2.08 bits per heavy atom. The third-order valence-electron chi connectivity index (χ3n) is 5.88. The fourth-order valence-corrected chi connectivity index (χ4v) is 3.80. The summed E-state index contributed by atoms with van der Waals surface area (Å²) < 4.78 is 16.2. The zero-order valence-corrected chi connectivity index (χ0v) is 20.2. The number of ether oxygens (including phenoxy) is 3. The van der Waals surface area contributed by atoms with E-state index in [9.17, 15) is 45.6 Å². The summed E-state index contributed by atoms with van der Waals surface area (Å²) in [4.78, 5) is 12.3. The number of aromatic hydroxyl groups is 5. The average Bonchev–Trinajstić information content (AvgIpc) is 2.90. The Hall–Kier alpha value is -4.49. The largest absolute Gasteiger partial charge is 0.508 e. The van der Waals surface area contributed by atoms with Gasteiger partial charge in [0.2, 0.25) is 6.29 Å². The first-order chi connectivity index (χ1) is 18.5. The van der Waals surface area contributed by atoms with E-state index in [4.69, 9.17) is 14.2 Å². The van der Waals surface area contributed by atoms with Crippen LogP contribution in [0.2, 0.25) is 0 Å². The maximum atomic E-state index is 12.3. The van der Waals surface area contributed by atoms with Crippen LogP contribution in [0.1, 0.15) is 21.5 Å². The molecular formula is C27H26O12. The molecule has 0 saturated carbocycles. The van der Waals surface area contributed by atoms with Crippen molar-refractivity contribution in [3.63, 3.8) is 0 Å². The van der Waals surface area contributed by atoms with Gasteiger partial charge in [0.15, 0.2) is 17.2 Å². The van der Waals surface area contributed by atoms with E-state index in [0.717, 1.165) is 17.7 Å². The Kier molecular flexibility index (Phi) is 8.12. The highest BCUT2D eigenvalue weighted by atomic mass is 16.7. The fourth-order valence-electron chi connectivity index (χ4n) is 3.80. The summed E-state index contributed by atoms with van der Waals surface area (Å²) in [5, 5.41) is 79.1. The molecule has 1 aliphatic heterocycles.